The van der Waals surface area contributed by atoms with Crippen LogP contribution in [0.5, 0.6) is 5.75 Å². The molecule has 1 rings (SSSR count). The molecule has 2 nitrogen and oxygen atoms in total. The molecule has 0 bridgehead atoms. The molecule has 2 N–H and O–H groups in total. The van der Waals surface area contributed by atoms with Crippen molar-refractivity contribution in [2.75, 3.05) is 6.61 Å². The van der Waals surface area contributed by atoms with Crippen LogP contribution in [0.1, 0.15) is 26.7 Å². The third-order valence-corrected chi connectivity index (χ3v) is 3.33. The van der Waals surface area contributed by atoms with Gasteiger partial charge in [0.15, 0.2) is 0 Å². The second-order valence-electron chi connectivity index (χ2n) is 4.14. The maximum absolute atomic E-state index is 5.96. The van der Waals surface area contributed by atoms with Crippen molar-refractivity contribution < 1.29 is 4.74 Å². The summed E-state index contributed by atoms with van der Waals surface area (Å²) in [4.78, 5) is 0. The quantitative estimate of drug-likeness (QED) is 0.867. The van der Waals surface area contributed by atoms with E-state index >= 15 is 0 Å². The van der Waals surface area contributed by atoms with Crippen molar-refractivity contribution in [2.24, 2.45) is 11.7 Å². The van der Waals surface area contributed by atoms with Gasteiger partial charge in [0.2, 0.25) is 0 Å². The highest BCUT2D eigenvalue weighted by molar-refractivity contribution is 9.10. The van der Waals surface area contributed by atoms with Gasteiger partial charge in [-0.3, -0.25) is 0 Å². The van der Waals surface area contributed by atoms with E-state index in [1.807, 2.05) is 24.3 Å². The lowest BCUT2D eigenvalue weighted by atomic mass is 9.98. The summed E-state index contributed by atoms with van der Waals surface area (Å²) >= 11 is 3.42. The van der Waals surface area contributed by atoms with Crippen LogP contribution in [0.2, 0.25) is 0 Å². The molecule has 2 unspecified atom stereocenters. The summed E-state index contributed by atoms with van der Waals surface area (Å²) < 4.78 is 6.71. The minimum Gasteiger partial charge on any atom is -0.494 e. The highest BCUT2D eigenvalue weighted by Crippen LogP contribution is 2.18. The van der Waals surface area contributed by atoms with Crippen LogP contribution in [-0.2, 0) is 0 Å². The Kier molecular flexibility index (Phi) is 5.85. The van der Waals surface area contributed by atoms with Gasteiger partial charge in [-0.15, -0.1) is 0 Å². The van der Waals surface area contributed by atoms with Crippen molar-refractivity contribution in [3.63, 3.8) is 0 Å². The lowest BCUT2D eigenvalue weighted by Gasteiger charge is -2.18. The van der Waals surface area contributed by atoms with Crippen LogP contribution in [-0.4, -0.2) is 12.6 Å². The first-order chi connectivity index (χ1) is 7.63. The number of halogens is 1. The topological polar surface area (TPSA) is 35.2 Å². The Morgan fingerprint density at radius 2 is 2.19 bits per heavy atom. The fourth-order valence-electron chi connectivity index (χ4n) is 1.54. The number of rotatable bonds is 6. The second kappa shape index (κ2) is 6.92. The van der Waals surface area contributed by atoms with E-state index in [0.29, 0.717) is 5.92 Å². The molecule has 0 saturated heterocycles. The van der Waals surface area contributed by atoms with E-state index in [1.54, 1.807) is 0 Å². The van der Waals surface area contributed by atoms with E-state index in [2.05, 4.69) is 29.8 Å². The zero-order valence-corrected chi connectivity index (χ0v) is 11.5. The number of benzene rings is 1. The van der Waals surface area contributed by atoms with E-state index in [4.69, 9.17) is 10.5 Å². The van der Waals surface area contributed by atoms with Gasteiger partial charge in [-0.2, -0.15) is 0 Å². The number of hydrogen-bond donors (Lipinski definition) is 1. The maximum Gasteiger partial charge on any atom is 0.120 e. The van der Waals surface area contributed by atoms with Gasteiger partial charge in [-0.05, 0) is 37.0 Å². The first-order valence-electron chi connectivity index (χ1n) is 5.77. The molecule has 1 aromatic rings. The van der Waals surface area contributed by atoms with Gasteiger partial charge in [0, 0.05) is 10.5 Å². The molecule has 0 spiro atoms. The van der Waals surface area contributed by atoms with Gasteiger partial charge in [0.05, 0.1) is 6.61 Å². The fourth-order valence-corrected chi connectivity index (χ4v) is 1.91. The van der Waals surface area contributed by atoms with Crippen molar-refractivity contribution in [1.82, 2.24) is 0 Å². The van der Waals surface area contributed by atoms with Crippen molar-refractivity contribution in [1.29, 1.82) is 0 Å². The van der Waals surface area contributed by atoms with Crippen LogP contribution in [0.4, 0.5) is 0 Å². The normalized spacial score (nSPS) is 14.5. The molecule has 90 valence electrons. The van der Waals surface area contributed by atoms with Gasteiger partial charge in [0.25, 0.3) is 0 Å². The smallest absolute Gasteiger partial charge is 0.120 e. The molecule has 0 amide bonds. The van der Waals surface area contributed by atoms with Crippen molar-refractivity contribution in [2.45, 2.75) is 32.7 Å². The van der Waals surface area contributed by atoms with E-state index in [0.717, 1.165) is 29.7 Å². The molecular formula is C13H20BrNO. The van der Waals surface area contributed by atoms with Crippen molar-refractivity contribution in [3.05, 3.63) is 28.7 Å². The van der Waals surface area contributed by atoms with Crippen LogP contribution < -0.4 is 10.5 Å². The number of ether oxygens (including phenoxy) is 1. The van der Waals surface area contributed by atoms with Crippen molar-refractivity contribution >= 4 is 15.9 Å². The summed E-state index contributed by atoms with van der Waals surface area (Å²) in [6.07, 6.45) is 2.03. The predicted molar refractivity (Wildman–Crippen MR) is 71.7 cm³/mol. The van der Waals surface area contributed by atoms with E-state index in [1.165, 1.54) is 0 Å². The van der Waals surface area contributed by atoms with E-state index < -0.39 is 0 Å². The summed E-state index contributed by atoms with van der Waals surface area (Å²) in [6.45, 7) is 5.03. The van der Waals surface area contributed by atoms with Gasteiger partial charge in [0.1, 0.15) is 5.75 Å². The molecular weight excluding hydrogens is 266 g/mol. The maximum atomic E-state index is 5.96. The molecule has 2 atom stereocenters. The van der Waals surface area contributed by atoms with E-state index in [-0.39, 0.29) is 6.04 Å². The molecule has 0 aliphatic heterocycles. The van der Waals surface area contributed by atoms with Gasteiger partial charge in [-0.1, -0.05) is 35.8 Å². The Labute approximate surface area is 106 Å². The predicted octanol–water partition coefficient (Wildman–Crippen LogP) is 3.59. The summed E-state index contributed by atoms with van der Waals surface area (Å²) in [5.41, 5.74) is 5.96. The number of hydrogen-bond acceptors (Lipinski definition) is 2. The molecule has 0 aliphatic rings. The minimum atomic E-state index is 0.283. The summed E-state index contributed by atoms with van der Waals surface area (Å²) in [6, 6.07) is 8.19. The van der Waals surface area contributed by atoms with Crippen LogP contribution in [0.25, 0.3) is 0 Å². The first kappa shape index (κ1) is 13.5. The van der Waals surface area contributed by atoms with Crippen molar-refractivity contribution in [3.8, 4) is 5.75 Å². The fraction of sp³-hybridized carbons (Fsp3) is 0.538. The molecule has 1 aromatic carbocycles. The van der Waals surface area contributed by atoms with Gasteiger partial charge < -0.3 is 10.5 Å². The zero-order valence-electron chi connectivity index (χ0n) is 9.95. The van der Waals surface area contributed by atoms with Gasteiger partial charge in [-0.25, -0.2) is 0 Å². The van der Waals surface area contributed by atoms with Crippen LogP contribution in [0, 0.1) is 5.92 Å². The molecule has 3 heteroatoms. The highest BCUT2D eigenvalue weighted by Gasteiger charge is 2.10. The summed E-state index contributed by atoms with van der Waals surface area (Å²) in [5.74, 6) is 1.42. The Morgan fingerprint density at radius 3 is 2.81 bits per heavy atom. The Morgan fingerprint density at radius 1 is 1.44 bits per heavy atom. The molecule has 16 heavy (non-hydrogen) atoms. The third-order valence-electron chi connectivity index (χ3n) is 2.84. The zero-order chi connectivity index (χ0) is 12.0. The lowest BCUT2D eigenvalue weighted by Crippen LogP contribution is -2.28. The monoisotopic (exact) mass is 285 g/mol. The largest absolute Gasteiger partial charge is 0.494 e. The molecule has 0 fully saturated rings. The van der Waals surface area contributed by atoms with E-state index in [9.17, 15) is 0 Å². The Hall–Kier alpha value is -0.540. The Bertz CT molecular complexity index is 317. The SMILES string of the molecule is CCC(N)C(C)CCOc1cccc(Br)c1. The molecule has 0 radical (unpaired) electrons. The molecule has 0 heterocycles. The second-order valence-corrected chi connectivity index (χ2v) is 5.06. The first-order valence-corrected chi connectivity index (χ1v) is 6.56. The molecule has 0 aliphatic carbocycles. The standard InChI is InChI=1S/C13H20BrNO/c1-3-13(15)10(2)7-8-16-12-6-4-5-11(14)9-12/h4-6,9-10,13H,3,7-8,15H2,1-2H3. The summed E-state index contributed by atoms with van der Waals surface area (Å²) in [5, 5.41) is 0. The van der Waals surface area contributed by atoms with Crippen LogP contribution in [0.15, 0.2) is 28.7 Å². The minimum absolute atomic E-state index is 0.283. The highest BCUT2D eigenvalue weighted by atomic mass is 79.9. The Balaban J connectivity index is 2.30. The lowest BCUT2D eigenvalue weighted by molar-refractivity contribution is 0.267. The summed E-state index contributed by atoms with van der Waals surface area (Å²) in [7, 11) is 0. The average Bonchev–Trinajstić information content (AvgIpc) is 2.28. The average molecular weight is 286 g/mol. The van der Waals surface area contributed by atoms with Crippen LogP contribution >= 0.6 is 15.9 Å². The number of nitrogens with two attached hydrogens (primary N) is 1. The van der Waals surface area contributed by atoms with Crippen LogP contribution in [0.3, 0.4) is 0 Å². The molecule has 0 aromatic heterocycles. The molecule has 0 saturated carbocycles. The van der Waals surface area contributed by atoms with Gasteiger partial charge >= 0.3 is 0 Å². The third kappa shape index (κ3) is 4.54.